The Morgan fingerprint density at radius 2 is 1.22 bits per heavy atom. The van der Waals surface area contributed by atoms with E-state index in [0.717, 1.165) is 44.9 Å². The second-order valence-corrected chi connectivity index (χ2v) is 7.00. The molecule has 0 spiro atoms. The van der Waals surface area contributed by atoms with E-state index in [1.807, 2.05) is 78.9 Å². The third-order valence-corrected chi connectivity index (χ3v) is 4.91. The fraction of sp³-hybridized carbons (Fsp3) is 0.148. The third kappa shape index (κ3) is 4.90. The van der Waals surface area contributed by atoms with Crippen molar-refractivity contribution in [2.45, 2.75) is 0 Å². The highest BCUT2D eigenvalue weighted by molar-refractivity contribution is 6.11. The lowest BCUT2D eigenvalue weighted by molar-refractivity contribution is -0.139. The zero-order chi connectivity index (χ0) is 22.2. The molecule has 4 aromatic carbocycles. The third-order valence-electron chi connectivity index (χ3n) is 4.91. The van der Waals surface area contributed by atoms with Crippen molar-refractivity contribution in [3.05, 3.63) is 91.5 Å². The van der Waals surface area contributed by atoms with Crippen LogP contribution in [0.3, 0.4) is 0 Å². The van der Waals surface area contributed by atoms with Gasteiger partial charge in [-0.15, -0.1) is 0 Å². The molecule has 0 aliphatic carbocycles. The van der Waals surface area contributed by atoms with Crippen LogP contribution in [0.4, 0.5) is 0 Å². The molecule has 5 nitrogen and oxygen atoms in total. The molecule has 0 saturated heterocycles. The molecule has 0 N–H and O–H groups in total. The first kappa shape index (κ1) is 21.4. The molecular weight excluding hydrogens is 404 g/mol. The molecule has 0 aliphatic heterocycles. The van der Waals surface area contributed by atoms with Gasteiger partial charge in [0.2, 0.25) is 0 Å². The number of fused-ring (bicyclic) bond motifs is 2. The summed E-state index contributed by atoms with van der Waals surface area (Å²) in [6.07, 6.45) is 1.13. The van der Waals surface area contributed by atoms with Crippen LogP contribution in [0, 0.1) is 0 Å². The van der Waals surface area contributed by atoms with Crippen LogP contribution in [0.5, 0.6) is 17.2 Å². The van der Waals surface area contributed by atoms with Crippen LogP contribution < -0.4 is 9.47 Å². The molecule has 0 saturated carbocycles. The zero-order valence-electron chi connectivity index (χ0n) is 17.7. The van der Waals surface area contributed by atoms with Crippen molar-refractivity contribution < 1.29 is 23.7 Å². The topological polar surface area (TPSA) is 54.0 Å². The number of esters is 1. The normalized spacial score (nSPS) is 10.8. The molecule has 4 rings (SSSR count). The summed E-state index contributed by atoms with van der Waals surface area (Å²) in [5.74, 6) is 1.91. The van der Waals surface area contributed by atoms with Crippen LogP contribution in [0.15, 0.2) is 91.5 Å². The van der Waals surface area contributed by atoms with Gasteiger partial charge in [0, 0.05) is 27.6 Å². The smallest absolute Gasteiger partial charge is 0.330 e. The number of rotatable bonds is 10. The van der Waals surface area contributed by atoms with E-state index in [9.17, 15) is 4.79 Å². The number of carbonyl (C=O) groups is 1. The highest BCUT2D eigenvalue weighted by Crippen LogP contribution is 2.44. The summed E-state index contributed by atoms with van der Waals surface area (Å²) in [6.45, 7) is 4.58. The van der Waals surface area contributed by atoms with E-state index in [2.05, 4.69) is 6.58 Å². The highest BCUT2D eigenvalue weighted by Gasteiger charge is 2.16. The largest absolute Gasteiger partial charge is 0.490 e. The Morgan fingerprint density at radius 1 is 0.688 bits per heavy atom. The maximum Gasteiger partial charge on any atom is 0.330 e. The number of hydrogen-bond donors (Lipinski definition) is 0. The average Bonchev–Trinajstić information content (AvgIpc) is 2.85. The lowest BCUT2D eigenvalue weighted by atomic mass is 10.0. The van der Waals surface area contributed by atoms with Crippen molar-refractivity contribution in [2.24, 2.45) is 0 Å². The molecule has 0 atom stereocenters. The Balaban J connectivity index is 1.57. The van der Waals surface area contributed by atoms with Crippen LogP contribution in [0.25, 0.3) is 21.5 Å². The van der Waals surface area contributed by atoms with Crippen LogP contribution in [-0.4, -0.2) is 32.4 Å². The molecule has 0 aliphatic rings. The number of benzene rings is 4. The summed E-state index contributed by atoms with van der Waals surface area (Å²) in [4.78, 5) is 11.0. The van der Waals surface area contributed by atoms with Gasteiger partial charge in [0.25, 0.3) is 0 Å². The predicted molar refractivity (Wildman–Crippen MR) is 125 cm³/mol. The van der Waals surface area contributed by atoms with Gasteiger partial charge in [0.05, 0.1) is 13.2 Å². The van der Waals surface area contributed by atoms with Crippen LogP contribution in [0.1, 0.15) is 0 Å². The van der Waals surface area contributed by atoms with E-state index in [1.54, 1.807) is 0 Å². The second kappa shape index (κ2) is 10.5. The van der Waals surface area contributed by atoms with E-state index in [0.29, 0.717) is 19.8 Å². The highest BCUT2D eigenvalue weighted by atomic mass is 16.6. The first-order chi connectivity index (χ1) is 15.8. The van der Waals surface area contributed by atoms with Crippen molar-refractivity contribution in [1.29, 1.82) is 0 Å². The van der Waals surface area contributed by atoms with Crippen molar-refractivity contribution in [2.75, 3.05) is 26.4 Å². The van der Waals surface area contributed by atoms with Gasteiger partial charge < -0.3 is 18.9 Å². The molecule has 162 valence electrons. The van der Waals surface area contributed by atoms with Gasteiger partial charge in [0.15, 0.2) is 0 Å². The predicted octanol–water partition coefficient (Wildman–Crippen LogP) is 5.91. The first-order valence-electron chi connectivity index (χ1n) is 10.4. The summed E-state index contributed by atoms with van der Waals surface area (Å²) >= 11 is 0. The molecule has 32 heavy (non-hydrogen) atoms. The van der Waals surface area contributed by atoms with Gasteiger partial charge in [-0.3, -0.25) is 0 Å². The number of hydrogen-bond acceptors (Lipinski definition) is 5. The standard InChI is InChI=1S/C27H24O5/c1-2-25(28)30-18-16-29-17-19-31-26-21-12-6-8-14-23(21)27(24-15-9-7-13-22(24)26)32-20-10-4-3-5-11-20/h2-15H,1,16-19H2. The molecular formula is C27H24O5. The average molecular weight is 428 g/mol. The van der Waals surface area contributed by atoms with E-state index >= 15 is 0 Å². The van der Waals surface area contributed by atoms with Gasteiger partial charge >= 0.3 is 5.97 Å². The lowest BCUT2D eigenvalue weighted by Crippen LogP contribution is -2.12. The minimum atomic E-state index is -0.458. The Kier molecular flexibility index (Phi) is 7.00. The van der Waals surface area contributed by atoms with Crippen LogP contribution in [-0.2, 0) is 14.3 Å². The Morgan fingerprint density at radius 3 is 1.81 bits per heavy atom. The minimum Gasteiger partial charge on any atom is -0.490 e. The summed E-state index contributed by atoms with van der Waals surface area (Å²) in [6, 6.07) is 25.9. The quantitative estimate of drug-likeness (QED) is 0.136. The Labute approximate surface area is 186 Å². The first-order valence-corrected chi connectivity index (χ1v) is 10.4. The summed E-state index contributed by atoms with van der Waals surface area (Å²) < 4.78 is 22.9. The van der Waals surface area contributed by atoms with Gasteiger partial charge in [-0.1, -0.05) is 73.3 Å². The fourth-order valence-electron chi connectivity index (χ4n) is 3.49. The molecule has 4 aromatic rings. The van der Waals surface area contributed by atoms with E-state index < -0.39 is 5.97 Å². The Bertz CT molecular complexity index is 1160. The van der Waals surface area contributed by atoms with Gasteiger partial charge in [-0.25, -0.2) is 4.79 Å². The molecule has 0 bridgehead atoms. The van der Waals surface area contributed by atoms with Gasteiger partial charge in [0.1, 0.15) is 30.5 Å². The van der Waals surface area contributed by atoms with E-state index in [1.165, 1.54) is 0 Å². The summed E-state index contributed by atoms with van der Waals surface area (Å²) in [7, 11) is 0. The molecule has 0 radical (unpaired) electrons. The van der Waals surface area contributed by atoms with Gasteiger partial charge in [-0.2, -0.15) is 0 Å². The summed E-state index contributed by atoms with van der Waals surface area (Å²) in [5.41, 5.74) is 0. The fourth-order valence-corrected chi connectivity index (χ4v) is 3.49. The molecule has 5 heteroatoms. The maximum atomic E-state index is 11.0. The molecule has 0 heterocycles. The molecule has 0 unspecified atom stereocenters. The minimum absolute atomic E-state index is 0.183. The van der Waals surface area contributed by atoms with Crippen molar-refractivity contribution in [3.8, 4) is 17.2 Å². The number of para-hydroxylation sites is 1. The van der Waals surface area contributed by atoms with Crippen molar-refractivity contribution in [1.82, 2.24) is 0 Å². The molecule has 0 aromatic heterocycles. The van der Waals surface area contributed by atoms with Crippen LogP contribution >= 0.6 is 0 Å². The van der Waals surface area contributed by atoms with E-state index in [-0.39, 0.29) is 6.61 Å². The molecule has 0 fully saturated rings. The monoisotopic (exact) mass is 428 g/mol. The lowest BCUT2D eigenvalue weighted by Gasteiger charge is -2.17. The Hall–Kier alpha value is -3.83. The van der Waals surface area contributed by atoms with E-state index in [4.69, 9.17) is 18.9 Å². The SMILES string of the molecule is C=CC(=O)OCCOCCOc1c2ccccc2c(Oc2ccccc2)c2ccccc12. The number of ether oxygens (including phenoxy) is 4. The van der Waals surface area contributed by atoms with Crippen molar-refractivity contribution in [3.63, 3.8) is 0 Å². The zero-order valence-corrected chi connectivity index (χ0v) is 17.7. The van der Waals surface area contributed by atoms with Crippen molar-refractivity contribution >= 4 is 27.5 Å². The summed E-state index contributed by atoms with van der Waals surface area (Å²) in [5, 5.41) is 3.89. The van der Waals surface area contributed by atoms with Crippen LogP contribution in [0.2, 0.25) is 0 Å². The second-order valence-electron chi connectivity index (χ2n) is 7.00. The van der Waals surface area contributed by atoms with Gasteiger partial charge in [-0.05, 0) is 12.1 Å². The number of carbonyl (C=O) groups excluding carboxylic acids is 1. The molecule has 0 amide bonds. The maximum absolute atomic E-state index is 11.0.